The molecule has 4 heteroatoms. The van der Waals surface area contributed by atoms with Gasteiger partial charge in [0, 0.05) is 12.1 Å². The van der Waals surface area contributed by atoms with Crippen molar-refractivity contribution < 1.29 is 20.4 Å². The molecule has 0 aromatic heterocycles. The quantitative estimate of drug-likeness (QED) is 0.590. The van der Waals surface area contributed by atoms with Gasteiger partial charge in [0.05, 0.1) is 0 Å². The maximum atomic E-state index is 9.68. The molecule has 0 amide bonds. The van der Waals surface area contributed by atoms with Crippen LogP contribution in [-0.2, 0) is 0 Å². The smallest absolute Gasteiger partial charge is 0.122 e. The summed E-state index contributed by atoms with van der Waals surface area (Å²) in [5, 5.41) is 37.1. The lowest BCUT2D eigenvalue weighted by atomic mass is 9.84. The van der Waals surface area contributed by atoms with Crippen LogP contribution in [0.2, 0.25) is 0 Å². The van der Waals surface area contributed by atoms with Crippen LogP contribution >= 0.6 is 0 Å². The van der Waals surface area contributed by atoms with Crippen LogP contribution in [0, 0.1) is 0 Å². The average Bonchev–Trinajstić information content (AvgIpc) is 2.56. The van der Waals surface area contributed by atoms with E-state index in [1.807, 2.05) is 19.9 Å². The highest BCUT2D eigenvalue weighted by Crippen LogP contribution is 2.38. The molecule has 0 heterocycles. The molecule has 136 valence electrons. The van der Waals surface area contributed by atoms with Gasteiger partial charge < -0.3 is 20.4 Å². The monoisotopic (exact) mass is 344 g/mol. The molecule has 2 aromatic carbocycles. The summed E-state index contributed by atoms with van der Waals surface area (Å²) in [6.45, 7) is 3.98. The normalized spacial score (nSPS) is 14.8. The summed E-state index contributed by atoms with van der Waals surface area (Å²) < 4.78 is 0. The number of hydrogen-bond donors (Lipinski definition) is 4. The van der Waals surface area contributed by atoms with Crippen molar-refractivity contribution in [3.8, 4) is 23.0 Å². The van der Waals surface area contributed by atoms with Gasteiger partial charge in [-0.2, -0.15) is 0 Å². The maximum Gasteiger partial charge on any atom is 0.122 e. The van der Waals surface area contributed by atoms with E-state index in [9.17, 15) is 15.3 Å². The van der Waals surface area contributed by atoms with Crippen LogP contribution in [0.1, 0.15) is 68.9 Å². The summed E-state index contributed by atoms with van der Waals surface area (Å²) in [4.78, 5) is 0. The van der Waals surface area contributed by atoms with Gasteiger partial charge in [0.2, 0.25) is 0 Å². The molecule has 4 nitrogen and oxygen atoms in total. The molecule has 0 saturated heterocycles. The van der Waals surface area contributed by atoms with Crippen LogP contribution in [0.4, 0.5) is 0 Å². The Morgan fingerprint density at radius 1 is 0.760 bits per heavy atom. The Balaban J connectivity index is 0.000000186. The van der Waals surface area contributed by atoms with Gasteiger partial charge in [0.1, 0.15) is 23.0 Å². The zero-order chi connectivity index (χ0) is 18.4. The fraction of sp³-hybridized carbons (Fsp3) is 0.429. The largest absolute Gasteiger partial charge is 0.508 e. The molecule has 0 atom stereocenters. The number of phenolic OH excluding ortho intramolecular Hbond substituents is 4. The molecule has 1 saturated carbocycles. The van der Waals surface area contributed by atoms with Crippen LogP contribution in [0.15, 0.2) is 36.4 Å². The third kappa shape index (κ3) is 5.31. The summed E-state index contributed by atoms with van der Waals surface area (Å²) in [6.07, 6.45) is 6.15. The number of benzene rings is 2. The summed E-state index contributed by atoms with van der Waals surface area (Å²) in [7, 11) is 0. The topological polar surface area (TPSA) is 80.9 Å². The summed E-state index contributed by atoms with van der Waals surface area (Å²) >= 11 is 0. The van der Waals surface area contributed by atoms with Gasteiger partial charge in [-0.25, -0.2) is 0 Å². The van der Waals surface area contributed by atoms with E-state index in [0.717, 1.165) is 11.1 Å². The van der Waals surface area contributed by atoms with E-state index in [4.69, 9.17) is 5.11 Å². The van der Waals surface area contributed by atoms with Crippen molar-refractivity contribution >= 4 is 0 Å². The van der Waals surface area contributed by atoms with Crippen molar-refractivity contribution in [1.82, 2.24) is 0 Å². The molecule has 2 aromatic rings. The minimum atomic E-state index is 0.104. The van der Waals surface area contributed by atoms with E-state index in [0.29, 0.717) is 5.92 Å². The number of aromatic hydroxyl groups is 4. The second kappa shape index (κ2) is 8.65. The van der Waals surface area contributed by atoms with Crippen molar-refractivity contribution in [2.75, 3.05) is 0 Å². The predicted octanol–water partition coefficient (Wildman–Crippen LogP) is 5.37. The summed E-state index contributed by atoms with van der Waals surface area (Å²) in [6, 6.07) is 9.61. The molecular formula is C21H28O4. The highest BCUT2D eigenvalue weighted by Gasteiger charge is 2.18. The van der Waals surface area contributed by atoms with Crippen LogP contribution in [-0.4, -0.2) is 20.4 Å². The van der Waals surface area contributed by atoms with Crippen LogP contribution < -0.4 is 0 Å². The van der Waals surface area contributed by atoms with E-state index in [-0.39, 0.29) is 28.9 Å². The van der Waals surface area contributed by atoms with E-state index >= 15 is 0 Å². The zero-order valence-electron chi connectivity index (χ0n) is 14.9. The van der Waals surface area contributed by atoms with Gasteiger partial charge in [-0.1, -0.05) is 45.2 Å². The fourth-order valence-corrected chi connectivity index (χ4v) is 3.31. The first-order valence-corrected chi connectivity index (χ1v) is 8.92. The average molecular weight is 344 g/mol. The first-order chi connectivity index (χ1) is 11.9. The lowest BCUT2D eigenvalue weighted by Gasteiger charge is -2.22. The second-order valence-electron chi connectivity index (χ2n) is 6.98. The number of phenols is 4. The Morgan fingerprint density at radius 2 is 1.32 bits per heavy atom. The van der Waals surface area contributed by atoms with Gasteiger partial charge in [-0.15, -0.1) is 0 Å². The zero-order valence-corrected chi connectivity index (χ0v) is 14.9. The Morgan fingerprint density at radius 3 is 1.84 bits per heavy atom. The Hall–Kier alpha value is -2.36. The molecule has 25 heavy (non-hydrogen) atoms. The van der Waals surface area contributed by atoms with Crippen molar-refractivity contribution in [1.29, 1.82) is 0 Å². The van der Waals surface area contributed by atoms with Gasteiger partial charge in [-0.05, 0) is 47.9 Å². The third-order valence-electron chi connectivity index (χ3n) is 4.70. The first-order valence-electron chi connectivity index (χ1n) is 8.92. The van der Waals surface area contributed by atoms with Crippen molar-refractivity contribution in [3.05, 3.63) is 47.5 Å². The third-order valence-corrected chi connectivity index (χ3v) is 4.70. The van der Waals surface area contributed by atoms with E-state index in [1.165, 1.54) is 44.2 Å². The standard InChI is InChI=1S/C12H16O2.C9H12O2/c13-10-6-7-11(12(14)8-10)9-4-2-1-3-5-9;1-6(2)8-4-3-7(10)5-9(8)11/h6-9,13-14H,1-5H2;3-6,10-11H,1-2H3. The van der Waals surface area contributed by atoms with E-state index in [2.05, 4.69) is 0 Å². The molecule has 1 aliphatic rings. The van der Waals surface area contributed by atoms with Crippen molar-refractivity contribution in [2.45, 2.75) is 57.8 Å². The van der Waals surface area contributed by atoms with E-state index in [1.54, 1.807) is 18.2 Å². The minimum absolute atomic E-state index is 0.104. The van der Waals surface area contributed by atoms with Crippen LogP contribution in [0.25, 0.3) is 0 Å². The van der Waals surface area contributed by atoms with Gasteiger partial charge in [0.15, 0.2) is 0 Å². The number of hydrogen-bond acceptors (Lipinski definition) is 4. The molecule has 0 bridgehead atoms. The molecule has 0 aliphatic heterocycles. The predicted molar refractivity (Wildman–Crippen MR) is 99.5 cm³/mol. The molecule has 0 spiro atoms. The Bertz CT molecular complexity index is 688. The molecule has 4 N–H and O–H groups in total. The van der Waals surface area contributed by atoms with Crippen molar-refractivity contribution in [3.63, 3.8) is 0 Å². The highest BCUT2D eigenvalue weighted by molar-refractivity contribution is 5.41. The molecule has 0 radical (unpaired) electrons. The molecule has 0 unspecified atom stereocenters. The lowest BCUT2D eigenvalue weighted by Crippen LogP contribution is -2.04. The molecule has 1 fully saturated rings. The molecule has 3 rings (SSSR count). The fourth-order valence-electron chi connectivity index (χ4n) is 3.31. The summed E-state index contributed by atoms with van der Waals surface area (Å²) in [5.41, 5.74) is 1.87. The van der Waals surface area contributed by atoms with Gasteiger partial charge >= 0.3 is 0 Å². The van der Waals surface area contributed by atoms with Crippen molar-refractivity contribution in [2.24, 2.45) is 0 Å². The van der Waals surface area contributed by atoms with Gasteiger partial charge in [0.25, 0.3) is 0 Å². The SMILES string of the molecule is CC(C)c1ccc(O)cc1O.Oc1ccc(C2CCCCC2)c(O)c1. The second-order valence-corrected chi connectivity index (χ2v) is 6.98. The Kier molecular flexibility index (Phi) is 6.57. The molecule has 1 aliphatic carbocycles. The lowest BCUT2D eigenvalue weighted by molar-refractivity contribution is 0.409. The minimum Gasteiger partial charge on any atom is -0.508 e. The van der Waals surface area contributed by atoms with Crippen LogP contribution in [0.5, 0.6) is 23.0 Å². The van der Waals surface area contributed by atoms with E-state index < -0.39 is 0 Å². The summed E-state index contributed by atoms with van der Waals surface area (Å²) in [5.74, 6) is 1.44. The number of rotatable bonds is 2. The maximum absolute atomic E-state index is 9.68. The Labute approximate surface area is 149 Å². The van der Waals surface area contributed by atoms with Gasteiger partial charge in [-0.3, -0.25) is 0 Å². The van der Waals surface area contributed by atoms with Crippen LogP contribution in [0.3, 0.4) is 0 Å². The highest BCUT2D eigenvalue weighted by atomic mass is 16.3. The first kappa shape index (κ1) is 19.0. The molecular weight excluding hydrogens is 316 g/mol.